The fourth-order valence-corrected chi connectivity index (χ4v) is 2.11. The lowest BCUT2D eigenvalue weighted by molar-refractivity contribution is -0.150. The Kier molecular flexibility index (Phi) is 1.97. The van der Waals surface area contributed by atoms with Gasteiger partial charge in [0.1, 0.15) is 5.75 Å². The molecule has 0 unspecified atom stereocenters. The molecule has 0 atom stereocenters. The monoisotopic (exact) mass is 205 g/mol. The molecule has 1 aromatic carbocycles. The van der Waals surface area contributed by atoms with Gasteiger partial charge in [-0.1, -0.05) is 12.1 Å². The van der Waals surface area contributed by atoms with Crippen LogP contribution >= 0.6 is 0 Å². The number of nitrogens with one attached hydrogen (secondary N) is 1. The highest BCUT2D eigenvalue weighted by molar-refractivity contribution is 5.42. The van der Waals surface area contributed by atoms with Crippen molar-refractivity contribution in [2.75, 3.05) is 13.2 Å². The maximum absolute atomic E-state index is 6.02. The highest BCUT2D eigenvalue weighted by atomic mass is 16.6. The molecule has 0 radical (unpaired) electrons. The number of fused-ring (bicyclic) bond motifs is 1. The van der Waals surface area contributed by atoms with Crippen molar-refractivity contribution in [2.24, 2.45) is 0 Å². The topological polar surface area (TPSA) is 30.5 Å². The van der Waals surface area contributed by atoms with Crippen molar-refractivity contribution in [3.8, 4) is 5.75 Å². The van der Waals surface area contributed by atoms with Crippen molar-refractivity contribution in [3.63, 3.8) is 0 Å². The van der Waals surface area contributed by atoms with E-state index in [0.29, 0.717) is 13.2 Å². The zero-order valence-corrected chi connectivity index (χ0v) is 8.88. The molecule has 15 heavy (non-hydrogen) atoms. The SMILES string of the molecule is CC1(Oc2cccc3c2CNC3)COC1. The van der Waals surface area contributed by atoms with Gasteiger partial charge in [-0.15, -0.1) is 0 Å². The third kappa shape index (κ3) is 1.52. The highest BCUT2D eigenvalue weighted by Gasteiger charge is 2.36. The zero-order chi connectivity index (χ0) is 10.3. The molecule has 1 fully saturated rings. The van der Waals surface area contributed by atoms with Crippen molar-refractivity contribution in [2.45, 2.75) is 25.6 Å². The van der Waals surface area contributed by atoms with Crippen LogP contribution in [0, 0.1) is 0 Å². The third-order valence-electron chi connectivity index (χ3n) is 3.02. The maximum atomic E-state index is 6.02. The molecule has 0 aliphatic carbocycles. The van der Waals surface area contributed by atoms with E-state index in [9.17, 15) is 0 Å². The fraction of sp³-hybridized carbons (Fsp3) is 0.500. The Morgan fingerprint density at radius 2 is 2.20 bits per heavy atom. The van der Waals surface area contributed by atoms with Gasteiger partial charge in [0.2, 0.25) is 0 Å². The quantitative estimate of drug-likeness (QED) is 0.792. The Balaban J connectivity index is 1.89. The predicted octanol–water partition coefficient (Wildman–Crippen LogP) is 1.46. The van der Waals surface area contributed by atoms with Gasteiger partial charge in [0.25, 0.3) is 0 Å². The Morgan fingerprint density at radius 1 is 1.33 bits per heavy atom. The molecule has 1 N–H and O–H groups in total. The van der Waals surface area contributed by atoms with E-state index in [1.165, 1.54) is 11.1 Å². The van der Waals surface area contributed by atoms with Crippen molar-refractivity contribution >= 4 is 0 Å². The second-order valence-electron chi connectivity index (χ2n) is 4.54. The third-order valence-corrected chi connectivity index (χ3v) is 3.02. The van der Waals surface area contributed by atoms with E-state index < -0.39 is 0 Å². The minimum absolute atomic E-state index is 0.113. The first-order valence-corrected chi connectivity index (χ1v) is 5.35. The summed E-state index contributed by atoms with van der Waals surface area (Å²) in [6.45, 7) is 5.37. The largest absolute Gasteiger partial charge is 0.482 e. The number of rotatable bonds is 2. The normalized spacial score (nSPS) is 21.9. The molecule has 0 aromatic heterocycles. The van der Waals surface area contributed by atoms with Gasteiger partial charge in [0, 0.05) is 18.7 Å². The second-order valence-corrected chi connectivity index (χ2v) is 4.54. The summed E-state index contributed by atoms with van der Waals surface area (Å²) in [4.78, 5) is 0. The standard InChI is InChI=1S/C12H15NO2/c1-12(7-14-8-12)15-11-4-2-3-9-5-13-6-10(9)11/h2-4,13H,5-8H2,1H3. The Morgan fingerprint density at radius 3 is 2.93 bits per heavy atom. The lowest BCUT2D eigenvalue weighted by atomic mass is 10.0. The van der Waals surface area contributed by atoms with Crippen LogP contribution in [0.5, 0.6) is 5.75 Å². The molecule has 80 valence electrons. The summed E-state index contributed by atoms with van der Waals surface area (Å²) in [6, 6.07) is 6.27. The molecular weight excluding hydrogens is 190 g/mol. The summed E-state index contributed by atoms with van der Waals surface area (Å²) in [5, 5.41) is 3.34. The van der Waals surface area contributed by atoms with Gasteiger partial charge in [0.05, 0.1) is 13.2 Å². The van der Waals surface area contributed by atoms with Crippen molar-refractivity contribution in [1.29, 1.82) is 0 Å². The van der Waals surface area contributed by atoms with Gasteiger partial charge in [0.15, 0.2) is 5.60 Å². The van der Waals surface area contributed by atoms with E-state index in [2.05, 4.69) is 30.4 Å². The lowest BCUT2D eigenvalue weighted by Crippen LogP contribution is -2.51. The average Bonchev–Trinajstić information content (AvgIpc) is 2.64. The van der Waals surface area contributed by atoms with Crippen LogP contribution in [-0.4, -0.2) is 18.8 Å². The number of ether oxygens (including phenoxy) is 2. The van der Waals surface area contributed by atoms with E-state index in [0.717, 1.165) is 18.8 Å². The molecule has 2 heterocycles. The van der Waals surface area contributed by atoms with E-state index >= 15 is 0 Å². The average molecular weight is 205 g/mol. The number of hydrogen-bond donors (Lipinski definition) is 1. The Hall–Kier alpha value is -1.06. The molecule has 0 spiro atoms. The number of hydrogen-bond acceptors (Lipinski definition) is 3. The summed E-state index contributed by atoms with van der Waals surface area (Å²) in [7, 11) is 0. The second kappa shape index (κ2) is 3.22. The van der Waals surface area contributed by atoms with Crippen LogP contribution in [0.15, 0.2) is 18.2 Å². The molecule has 0 saturated carbocycles. The molecule has 3 heteroatoms. The molecule has 3 nitrogen and oxygen atoms in total. The minimum atomic E-state index is -0.113. The van der Waals surface area contributed by atoms with E-state index in [4.69, 9.17) is 9.47 Å². The molecular formula is C12H15NO2. The number of benzene rings is 1. The Labute approximate surface area is 89.4 Å². The van der Waals surface area contributed by atoms with Crippen LogP contribution < -0.4 is 10.1 Å². The first-order chi connectivity index (χ1) is 7.27. The van der Waals surface area contributed by atoms with Crippen molar-refractivity contribution < 1.29 is 9.47 Å². The van der Waals surface area contributed by atoms with Crippen LogP contribution in [0.4, 0.5) is 0 Å². The minimum Gasteiger partial charge on any atom is -0.482 e. The summed E-state index contributed by atoms with van der Waals surface area (Å²) in [6.07, 6.45) is 0. The highest BCUT2D eigenvalue weighted by Crippen LogP contribution is 2.31. The first-order valence-electron chi connectivity index (χ1n) is 5.35. The van der Waals surface area contributed by atoms with Gasteiger partial charge in [-0.25, -0.2) is 0 Å². The summed E-state index contributed by atoms with van der Waals surface area (Å²) < 4.78 is 11.2. The lowest BCUT2D eigenvalue weighted by Gasteiger charge is -2.38. The van der Waals surface area contributed by atoms with Crippen molar-refractivity contribution in [3.05, 3.63) is 29.3 Å². The smallest absolute Gasteiger partial charge is 0.152 e. The van der Waals surface area contributed by atoms with E-state index in [1.54, 1.807) is 0 Å². The summed E-state index contributed by atoms with van der Waals surface area (Å²) >= 11 is 0. The zero-order valence-electron chi connectivity index (χ0n) is 8.88. The molecule has 2 aliphatic rings. The first kappa shape index (κ1) is 9.19. The molecule has 0 bridgehead atoms. The van der Waals surface area contributed by atoms with Crippen molar-refractivity contribution in [1.82, 2.24) is 5.32 Å². The molecule has 0 amide bonds. The van der Waals surface area contributed by atoms with Crippen LogP contribution in [0.2, 0.25) is 0 Å². The van der Waals surface area contributed by atoms with Crippen LogP contribution in [-0.2, 0) is 17.8 Å². The molecule has 3 rings (SSSR count). The van der Waals surface area contributed by atoms with Gasteiger partial charge in [-0.2, -0.15) is 0 Å². The Bertz CT molecular complexity index is 385. The van der Waals surface area contributed by atoms with Gasteiger partial charge >= 0.3 is 0 Å². The van der Waals surface area contributed by atoms with E-state index in [-0.39, 0.29) is 5.60 Å². The predicted molar refractivity (Wildman–Crippen MR) is 56.8 cm³/mol. The van der Waals surface area contributed by atoms with Gasteiger partial charge < -0.3 is 14.8 Å². The van der Waals surface area contributed by atoms with Crippen LogP contribution in [0.1, 0.15) is 18.1 Å². The fourth-order valence-electron chi connectivity index (χ4n) is 2.11. The summed E-state index contributed by atoms with van der Waals surface area (Å²) in [5.41, 5.74) is 2.56. The van der Waals surface area contributed by atoms with Crippen LogP contribution in [0.3, 0.4) is 0 Å². The molecule has 1 saturated heterocycles. The maximum Gasteiger partial charge on any atom is 0.152 e. The van der Waals surface area contributed by atoms with Gasteiger partial charge in [-0.3, -0.25) is 0 Å². The van der Waals surface area contributed by atoms with E-state index in [1.807, 2.05) is 0 Å². The van der Waals surface area contributed by atoms with Crippen LogP contribution in [0.25, 0.3) is 0 Å². The molecule has 2 aliphatic heterocycles. The molecule has 1 aromatic rings. The summed E-state index contributed by atoms with van der Waals surface area (Å²) in [5.74, 6) is 1.02. The van der Waals surface area contributed by atoms with Gasteiger partial charge in [-0.05, 0) is 18.6 Å².